The van der Waals surface area contributed by atoms with Crippen LogP contribution < -0.4 is 5.19 Å². The minimum absolute atomic E-state index is 0.624. The molecule has 1 rings (SSSR count). The van der Waals surface area contributed by atoms with Crippen LogP contribution in [0.1, 0.15) is 25.3 Å². The summed E-state index contributed by atoms with van der Waals surface area (Å²) < 4.78 is -4.05. The summed E-state index contributed by atoms with van der Waals surface area (Å²) >= 11 is 19.8. The smallest absolute Gasteiger partial charge is 0.113 e. The monoisotopic (exact) mass is 1090 g/mol. The van der Waals surface area contributed by atoms with E-state index in [1.165, 1.54) is 0 Å². The summed E-state index contributed by atoms with van der Waals surface area (Å²) in [4.78, 5) is 0. The van der Waals surface area contributed by atoms with Gasteiger partial charge >= 0.3 is 0 Å². The molecule has 1 aromatic carbocycles. The van der Waals surface area contributed by atoms with E-state index >= 15 is 0 Å². The third-order valence-electron chi connectivity index (χ3n) is 2.74. The molecule has 0 amide bonds. The summed E-state index contributed by atoms with van der Waals surface area (Å²) in [6, 6.07) is 9.24. The van der Waals surface area contributed by atoms with Gasteiger partial charge in [-0.1, -0.05) is 169 Å². The van der Waals surface area contributed by atoms with E-state index in [9.17, 15) is 0 Å². The first kappa shape index (κ1) is 22.0. The Kier molecular flexibility index (Phi) is 9.94. The van der Waals surface area contributed by atoms with Crippen molar-refractivity contribution in [3.8, 4) is 0 Å². The maximum Gasteiger partial charge on any atom is 0.258 e. The standard InChI is InChI=1S/C9H11I7Si3/c1-7(2)8-5-3-4-6-9(8)17(10,18(11,12)13)19(14,15)16/h3-7H,1-2H3. The van der Waals surface area contributed by atoms with Crippen molar-refractivity contribution in [2.24, 2.45) is 0 Å². The molecular formula is C9H11I7Si3. The average Bonchev–Trinajstić information content (AvgIpc) is 2.24. The number of hydrogen-bond donors (Lipinski definition) is 0. The number of halogens is 7. The van der Waals surface area contributed by atoms with E-state index in [1.807, 2.05) is 0 Å². The van der Waals surface area contributed by atoms with Gasteiger partial charge < -0.3 is 0 Å². The first-order valence-corrected chi connectivity index (χ1v) is 35.1. The second-order valence-electron chi connectivity index (χ2n) is 4.40. The van der Waals surface area contributed by atoms with Gasteiger partial charge in [0, 0.05) is 0 Å². The predicted molar refractivity (Wildman–Crippen MR) is 156 cm³/mol. The highest BCUT2D eigenvalue weighted by molar-refractivity contribution is 14.4. The Balaban J connectivity index is 3.62. The molecule has 0 aromatic heterocycles. The lowest BCUT2D eigenvalue weighted by Gasteiger charge is -2.39. The zero-order chi connectivity index (χ0) is 15.1. The van der Waals surface area contributed by atoms with Crippen molar-refractivity contribution < 1.29 is 0 Å². The lowest BCUT2D eigenvalue weighted by Crippen LogP contribution is -2.68. The summed E-state index contributed by atoms with van der Waals surface area (Å²) in [6.07, 6.45) is 0. The van der Waals surface area contributed by atoms with Crippen LogP contribution >= 0.6 is 153 Å². The van der Waals surface area contributed by atoms with Gasteiger partial charge in [0.15, 0.2) is 0 Å². The Morgan fingerprint density at radius 3 is 1.58 bits per heavy atom. The Morgan fingerprint density at radius 2 is 1.21 bits per heavy atom. The van der Waals surface area contributed by atoms with E-state index < -0.39 is 4.77 Å². The van der Waals surface area contributed by atoms with Crippen molar-refractivity contribution in [3.63, 3.8) is 0 Å². The Labute approximate surface area is 207 Å². The molecule has 0 atom stereocenters. The SMILES string of the molecule is CC(C)c1ccccc1[Si](I)([Si](I)(I)I)[Si](I)(I)I. The quantitative estimate of drug-likeness (QED) is 0.173. The second kappa shape index (κ2) is 8.58. The van der Waals surface area contributed by atoms with Crippen LogP contribution in [0, 0.1) is 0 Å². The molecule has 10 heteroatoms. The van der Waals surface area contributed by atoms with Crippen molar-refractivity contribution in [1.82, 2.24) is 0 Å². The lowest BCUT2D eigenvalue weighted by atomic mass is 10.0. The molecule has 0 aliphatic heterocycles. The van der Waals surface area contributed by atoms with Crippen LogP contribution in [0.4, 0.5) is 0 Å². The van der Waals surface area contributed by atoms with Crippen LogP contribution in [0.3, 0.4) is 0 Å². The molecule has 0 aliphatic carbocycles. The highest BCUT2D eigenvalue weighted by atomic mass is 127. The van der Waals surface area contributed by atoms with Crippen LogP contribution in [0.2, 0.25) is 0 Å². The van der Waals surface area contributed by atoms with Gasteiger partial charge in [0.1, 0.15) is 0 Å². The molecule has 0 aliphatic rings. The molecule has 0 heterocycles. The van der Waals surface area contributed by atoms with E-state index in [0.717, 1.165) is 0 Å². The molecule has 0 spiro atoms. The molecule has 0 radical (unpaired) electrons. The molecule has 0 saturated heterocycles. The van der Waals surface area contributed by atoms with Crippen molar-refractivity contribution >= 4 is 163 Å². The van der Waals surface area contributed by atoms with E-state index in [1.54, 1.807) is 10.8 Å². The predicted octanol–water partition coefficient (Wildman–Crippen LogP) is 7.04. The van der Waals surface area contributed by atoms with E-state index in [0.29, 0.717) is 5.92 Å². The Hall–Kier alpha value is 4.98. The first-order valence-electron chi connectivity index (χ1n) is 5.34. The molecule has 0 fully saturated rings. The zero-order valence-corrected chi connectivity index (χ0v) is 28.1. The fourth-order valence-electron chi connectivity index (χ4n) is 1.78. The largest absolute Gasteiger partial charge is 0.258 e. The maximum absolute atomic E-state index is 2.93. The number of hydrogen-bond acceptors (Lipinski definition) is 0. The minimum atomic E-state index is -1.47. The molecule has 19 heavy (non-hydrogen) atoms. The fraction of sp³-hybridized carbons (Fsp3) is 0.333. The highest BCUT2D eigenvalue weighted by Crippen LogP contribution is 2.54. The molecule has 0 unspecified atom stereocenters. The highest BCUT2D eigenvalue weighted by Gasteiger charge is 2.64. The van der Waals surface area contributed by atoms with Crippen LogP contribution in [-0.4, -0.2) is 4.77 Å². The van der Waals surface area contributed by atoms with E-state index in [-0.39, 0.29) is 0 Å². The summed E-state index contributed by atoms with van der Waals surface area (Å²) in [6.45, 7) is 4.66. The third kappa shape index (κ3) is 5.23. The summed E-state index contributed by atoms with van der Waals surface area (Å²) in [5, 5.41) is 1.72. The molecule has 0 bridgehead atoms. The summed E-state index contributed by atoms with van der Waals surface area (Å²) in [5.41, 5.74) is 1.59. The van der Waals surface area contributed by atoms with Gasteiger partial charge in [0.05, 0.1) is 0 Å². The van der Waals surface area contributed by atoms with Gasteiger partial charge in [-0.05, 0) is 16.7 Å². The second-order valence-corrected chi connectivity index (χ2v) is 114. The number of rotatable bonds is 4. The first-order chi connectivity index (χ1) is 8.43. The fourth-order valence-corrected chi connectivity index (χ4v) is 219. The van der Waals surface area contributed by atoms with Crippen molar-refractivity contribution in [2.45, 2.75) is 19.8 Å². The molecule has 0 nitrogen and oxygen atoms in total. The van der Waals surface area contributed by atoms with Crippen LogP contribution in [-0.2, 0) is 0 Å². The summed E-state index contributed by atoms with van der Waals surface area (Å²) in [7, 11) is 0. The normalized spacial score (nSPS) is 14.0. The average molecular weight is 1090 g/mol. The molecule has 0 N–H and O–H groups in total. The molecular weight excluding hydrogens is 1080 g/mol. The minimum Gasteiger partial charge on any atom is -0.113 e. The van der Waals surface area contributed by atoms with Gasteiger partial charge in [-0.15, -0.1) is 21.8 Å². The Bertz CT molecular complexity index is 438. The van der Waals surface area contributed by atoms with Crippen molar-refractivity contribution in [2.75, 3.05) is 0 Å². The molecule has 0 saturated carbocycles. The van der Waals surface area contributed by atoms with Crippen molar-refractivity contribution in [3.05, 3.63) is 29.8 Å². The van der Waals surface area contributed by atoms with Gasteiger partial charge in [0.25, 0.3) is 0.163 Å². The van der Waals surface area contributed by atoms with E-state index in [4.69, 9.17) is 0 Å². The van der Waals surface area contributed by atoms with Gasteiger partial charge in [-0.25, -0.2) is 0 Å². The molecule has 1 aromatic rings. The Morgan fingerprint density at radius 1 is 0.789 bits per heavy atom. The van der Waals surface area contributed by atoms with Crippen molar-refractivity contribution in [1.29, 1.82) is 0 Å². The summed E-state index contributed by atoms with van der Waals surface area (Å²) in [5.74, 6) is 0.624. The topological polar surface area (TPSA) is 0 Å². The van der Waals surface area contributed by atoms with Crippen LogP contribution in [0.5, 0.6) is 0 Å². The van der Waals surface area contributed by atoms with Gasteiger partial charge in [-0.2, -0.15) is 0 Å². The number of benzene rings is 1. The molecule has 108 valence electrons. The lowest BCUT2D eigenvalue weighted by molar-refractivity contribution is 0.873. The van der Waals surface area contributed by atoms with Crippen LogP contribution in [0.25, 0.3) is 0 Å². The van der Waals surface area contributed by atoms with E-state index in [2.05, 4.69) is 191 Å². The maximum atomic E-state index is 2.93. The van der Waals surface area contributed by atoms with Crippen LogP contribution in [0.15, 0.2) is 24.3 Å². The zero-order valence-electron chi connectivity index (χ0n) is 10.0. The third-order valence-corrected chi connectivity index (χ3v) is 162. The van der Waals surface area contributed by atoms with Gasteiger partial charge in [-0.3, -0.25) is 0 Å². The van der Waals surface area contributed by atoms with Gasteiger partial charge in [0.2, 0.25) is 4.61 Å².